The van der Waals surface area contributed by atoms with Crippen LogP contribution in [0.25, 0.3) is 5.69 Å². The van der Waals surface area contributed by atoms with E-state index in [1.54, 1.807) is 19.2 Å². The summed E-state index contributed by atoms with van der Waals surface area (Å²) < 4.78 is 18.7. The van der Waals surface area contributed by atoms with E-state index in [0.717, 1.165) is 28.3 Å². The molecule has 3 heterocycles. The first-order valence-electron chi connectivity index (χ1n) is 11.5. The predicted octanol–water partition coefficient (Wildman–Crippen LogP) is 3.61. The van der Waals surface area contributed by atoms with Gasteiger partial charge in [0.25, 0.3) is 5.79 Å². The molecule has 1 saturated heterocycles. The maximum Gasteiger partial charge on any atom is 0.309 e. The van der Waals surface area contributed by atoms with Crippen LogP contribution in [-0.4, -0.2) is 41.9 Å². The molecule has 9 heteroatoms. The van der Waals surface area contributed by atoms with Gasteiger partial charge in [-0.1, -0.05) is 23.7 Å². The zero-order chi connectivity index (χ0) is 24.6. The molecule has 2 aliphatic heterocycles. The highest BCUT2D eigenvalue weighted by atomic mass is 35.5. The van der Waals surface area contributed by atoms with Gasteiger partial charge in [0.15, 0.2) is 0 Å². The van der Waals surface area contributed by atoms with Crippen molar-refractivity contribution >= 4 is 23.5 Å². The van der Waals surface area contributed by atoms with Crippen LogP contribution in [0.15, 0.2) is 42.5 Å². The molecule has 2 aromatic carbocycles. The number of aryl methyl sites for hydroxylation is 1. The fourth-order valence-corrected chi connectivity index (χ4v) is 4.98. The van der Waals surface area contributed by atoms with Gasteiger partial charge in [-0.25, -0.2) is 4.68 Å². The summed E-state index contributed by atoms with van der Waals surface area (Å²) in [5.74, 6) is -1.70. The quantitative estimate of drug-likeness (QED) is 0.553. The number of esters is 2. The molecule has 1 fully saturated rings. The fraction of sp³-hybridized carbons (Fsp3) is 0.346. The second kappa shape index (κ2) is 9.36. The molecule has 0 saturated carbocycles. The Bertz CT molecular complexity index is 1280. The van der Waals surface area contributed by atoms with Gasteiger partial charge in [-0.05, 0) is 61.3 Å². The Morgan fingerprint density at radius 2 is 1.89 bits per heavy atom. The van der Waals surface area contributed by atoms with Crippen LogP contribution in [-0.2, 0) is 37.7 Å². The smallest absolute Gasteiger partial charge is 0.309 e. The monoisotopic (exact) mass is 495 g/mol. The summed E-state index contributed by atoms with van der Waals surface area (Å²) in [4.78, 5) is 24.8. The number of hydrogen-bond donors (Lipinski definition) is 1. The molecule has 1 aromatic heterocycles. The number of carbonyl (C=O) groups excluding carboxylic acids is 2. The van der Waals surface area contributed by atoms with Gasteiger partial charge in [0.2, 0.25) is 0 Å². The molecule has 5 rings (SSSR count). The third-order valence-corrected chi connectivity index (χ3v) is 6.62. The lowest BCUT2D eigenvalue weighted by Crippen LogP contribution is -2.43. The molecule has 0 unspecified atom stereocenters. The predicted molar refractivity (Wildman–Crippen MR) is 129 cm³/mol. The Labute approximate surface area is 208 Å². The van der Waals surface area contributed by atoms with Gasteiger partial charge in [-0.2, -0.15) is 5.10 Å². The summed E-state index contributed by atoms with van der Waals surface area (Å²) in [6.07, 6.45) is 1.19. The van der Waals surface area contributed by atoms with Crippen LogP contribution in [0.4, 0.5) is 0 Å². The first kappa shape index (κ1) is 23.4. The Kier molecular flexibility index (Phi) is 6.25. The number of fused-ring (bicyclic) bond motifs is 2. The summed E-state index contributed by atoms with van der Waals surface area (Å²) in [6, 6.07) is 13.4. The molecule has 8 nitrogen and oxygen atoms in total. The van der Waals surface area contributed by atoms with Crippen LogP contribution >= 0.6 is 11.6 Å². The van der Waals surface area contributed by atoms with Gasteiger partial charge in [-0.15, -0.1) is 0 Å². The Morgan fingerprint density at radius 1 is 1.11 bits per heavy atom. The second-order valence-corrected chi connectivity index (χ2v) is 9.17. The molecule has 182 valence electrons. The first-order chi connectivity index (χ1) is 16.9. The summed E-state index contributed by atoms with van der Waals surface area (Å²) in [5.41, 5.74) is 4.97. The standard InChI is InChI=1S/C26H26ClN3O5/c1-16-12-18(13-17-4-3-5-19(14-17)33-2)29-30(16)25-20-10-11-28-15-26(21(20)6-7-22(25)27)34-23(31)8-9-24(32)35-26/h3-7,12,14,28H,8-11,13,15H2,1-2H3. The first-order valence-corrected chi connectivity index (χ1v) is 11.9. The largest absolute Gasteiger partial charge is 0.497 e. The molecule has 0 radical (unpaired) electrons. The molecule has 0 bridgehead atoms. The third kappa shape index (κ3) is 4.51. The molecule has 3 aromatic rings. The van der Waals surface area contributed by atoms with Crippen molar-refractivity contribution < 1.29 is 23.8 Å². The van der Waals surface area contributed by atoms with Gasteiger partial charge in [0.05, 0.1) is 42.9 Å². The summed E-state index contributed by atoms with van der Waals surface area (Å²) >= 11 is 6.73. The number of ether oxygens (including phenoxy) is 3. The minimum absolute atomic E-state index is 0.0116. The minimum Gasteiger partial charge on any atom is -0.497 e. The zero-order valence-electron chi connectivity index (χ0n) is 19.6. The highest BCUT2D eigenvalue weighted by Gasteiger charge is 2.46. The van der Waals surface area contributed by atoms with Crippen LogP contribution in [0.2, 0.25) is 5.02 Å². The van der Waals surface area contributed by atoms with Crippen molar-refractivity contribution in [2.45, 2.75) is 38.4 Å². The number of benzene rings is 2. The van der Waals surface area contributed by atoms with Crippen molar-refractivity contribution in [2.75, 3.05) is 20.2 Å². The van der Waals surface area contributed by atoms with Gasteiger partial charge in [0, 0.05) is 17.7 Å². The molecule has 35 heavy (non-hydrogen) atoms. The van der Waals surface area contributed by atoms with E-state index in [1.807, 2.05) is 41.9 Å². The molecule has 0 aliphatic carbocycles. The van der Waals surface area contributed by atoms with Crippen LogP contribution in [0.3, 0.4) is 0 Å². The van der Waals surface area contributed by atoms with Gasteiger partial charge < -0.3 is 19.5 Å². The highest BCUT2D eigenvalue weighted by molar-refractivity contribution is 6.32. The molecule has 0 atom stereocenters. The Hall–Kier alpha value is -3.36. The topological polar surface area (TPSA) is 91.7 Å². The Balaban J connectivity index is 1.59. The average molecular weight is 496 g/mol. The van der Waals surface area contributed by atoms with E-state index in [4.69, 9.17) is 30.9 Å². The van der Waals surface area contributed by atoms with E-state index in [1.165, 1.54) is 0 Å². The number of aromatic nitrogens is 2. The van der Waals surface area contributed by atoms with Crippen molar-refractivity contribution in [3.63, 3.8) is 0 Å². The van der Waals surface area contributed by atoms with Crippen molar-refractivity contribution in [3.8, 4) is 11.4 Å². The summed E-state index contributed by atoms with van der Waals surface area (Å²) in [5, 5.41) is 8.62. The van der Waals surface area contributed by atoms with Gasteiger partial charge >= 0.3 is 11.9 Å². The SMILES string of the molecule is COc1cccc(Cc2cc(C)n(-c3c(Cl)ccc4c3CCNCC43OC(=O)CCC(=O)O3)n2)c1. The lowest BCUT2D eigenvalue weighted by Gasteiger charge is -2.32. The molecule has 0 amide bonds. The number of nitrogens with one attached hydrogen (secondary N) is 1. The van der Waals surface area contributed by atoms with Crippen molar-refractivity contribution in [1.82, 2.24) is 15.1 Å². The fourth-order valence-electron chi connectivity index (χ4n) is 4.73. The van der Waals surface area contributed by atoms with Crippen LogP contribution in [0, 0.1) is 6.92 Å². The van der Waals surface area contributed by atoms with E-state index < -0.39 is 17.7 Å². The van der Waals surface area contributed by atoms with E-state index in [0.29, 0.717) is 35.7 Å². The Morgan fingerprint density at radius 3 is 2.63 bits per heavy atom. The van der Waals surface area contributed by atoms with E-state index >= 15 is 0 Å². The summed E-state index contributed by atoms with van der Waals surface area (Å²) in [7, 11) is 1.64. The normalized spacial score (nSPS) is 17.2. The van der Waals surface area contributed by atoms with Crippen molar-refractivity contribution in [1.29, 1.82) is 0 Å². The minimum atomic E-state index is -1.54. The molecule has 1 spiro atoms. The molecular weight excluding hydrogens is 470 g/mol. The second-order valence-electron chi connectivity index (χ2n) is 8.77. The van der Waals surface area contributed by atoms with Crippen molar-refractivity contribution in [2.24, 2.45) is 0 Å². The lowest BCUT2D eigenvalue weighted by atomic mass is 9.96. The maximum absolute atomic E-state index is 12.4. The number of rotatable bonds is 4. The summed E-state index contributed by atoms with van der Waals surface area (Å²) in [6.45, 7) is 2.72. The van der Waals surface area contributed by atoms with Crippen molar-refractivity contribution in [3.05, 3.63) is 75.6 Å². The maximum atomic E-state index is 12.4. The van der Waals surface area contributed by atoms with Crippen LogP contribution in [0.5, 0.6) is 5.75 Å². The van der Waals surface area contributed by atoms with E-state index in [9.17, 15) is 9.59 Å². The average Bonchev–Trinajstić information content (AvgIpc) is 2.99. The molecular formula is C26H26ClN3O5. The number of nitrogens with zero attached hydrogens (tertiary/aromatic N) is 2. The zero-order valence-corrected chi connectivity index (χ0v) is 20.4. The van der Waals surface area contributed by atoms with Gasteiger partial charge in [-0.3, -0.25) is 9.59 Å². The van der Waals surface area contributed by atoms with Crippen LogP contribution < -0.4 is 10.1 Å². The van der Waals surface area contributed by atoms with E-state index in [-0.39, 0.29) is 19.4 Å². The van der Waals surface area contributed by atoms with E-state index in [2.05, 4.69) is 5.32 Å². The van der Waals surface area contributed by atoms with Gasteiger partial charge in [0.1, 0.15) is 5.75 Å². The third-order valence-electron chi connectivity index (χ3n) is 6.31. The molecule has 2 aliphatic rings. The number of carbonyl (C=O) groups is 2. The number of hydrogen-bond acceptors (Lipinski definition) is 7. The number of halogens is 1. The lowest BCUT2D eigenvalue weighted by molar-refractivity contribution is -0.225. The number of methoxy groups -OCH3 is 1. The highest BCUT2D eigenvalue weighted by Crippen LogP contribution is 2.39. The molecule has 1 N–H and O–H groups in total. The van der Waals surface area contributed by atoms with Crippen LogP contribution in [0.1, 0.15) is 40.9 Å².